The Kier molecular flexibility index (Phi) is 5.53. The predicted molar refractivity (Wildman–Crippen MR) is 109 cm³/mol. The topological polar surface area (TPSA) is 51.5 Å². The quantitative estimate of drug-likeness (QED) is 0.687. The summed E-state index contributed by atoms with van der Waals surface area (Å²) in [6.07, 6.45) is 3.60. The van der Waals surface area contributed by atoms with Gasteiger partial charge in [-0.15, -0.1) is 0 Å². The molecule has 2 heterocycles. The SMILES string of the molecule is O=C(Cn1ccc(=O)c2ccccc21)N1CCC(OCc2ccccc2)CC1. The third-order valence-corrected chi connectivity index (χ3v) is 5.31. The first-order chi connectivity index (χ1) is 13.7. The first-order valence-electron chi connectivity index (χ1n) is 9.72. The van der Waals surface area contributed by atoms with E-state index in [-0.39, 0.29) is 24.0 Å². The number of hydrogen-bond donors (Lipinski definition) is 0. The number of amides is 1. The summed E-state index contributed by atoms with van der Waals surface area (Å²) in [5.41, 5.74) is 1.95. The van der Waals surface area contributed by atoms with Crippen molar-refractivity contribution in [2.75, 3.05) is 13.1 Å². The van der Waals surface area contributed by atoms with Gasteiger partial charge in [0.05, 0.1) is 18.2 Å². The smallest absolute Gasteiger partial charge is 0.242 e. The van der Waals surface area contributed by atoms with Gasteiger partial charge >= 0.3 is 0 Å². The van der Waals surface area contributed by atoms with E-state index in [2.05, 4.69) is 12.1 Å². The zero-order chi connectivity index (χ0) is 19.3. The molecule has 0 atom stereocenters. The Balaban J connectivity index is 1.33. The van der Waals surface area contributed by atoms with Crippen molar-refractivity contribution >= 4 is 16.8 Å². The normalized spacial score (nSPS) is 15.1. The first kappa shape index (κ1) is 18.4. The maximum absolute atomic E-state index is 12.8. The van der Waals surface area contributed by atoms with Crippen LogP contribution in [0.1, 0.15) is 18.4 Å². The molecule has 1 aromatic heterocycles. The molecule has 28 heavy (non-hydrogen) atoms. The monoisotopic (exact) mass is 376 g/mol. The summed E-state index contributed by atoms with van der Waals surface area (Å²) in [5.74, 6) is 0.0790. The highest BCUT2D eigenvalue weighted by Gasteiger charge is 2.23. The number of carbonyl (C=O) groups is 1. The number of ether oxygens (including phenoxy) is 1. The van der Waals surface area contributed by atoms with E-state index in [4.69, 9.17) is 4.74 Å². The molecule has 1 aliphatic heterocycles. The van der Waals surface area contributed by atoms with E-state index in [0.717, 1.165) is 18.4 Å². The number of likely N-dealkylation sites (tertiary alicyclic amines) is 1. The van der Waals surface area contributed by atoms with Crippen LogP contribution in [0.3, 0.4) is 0 Å². The van der Waals surface area contributed by atoms with E-state index in [1.54, 1.807) is 12.3 Å². The van der Waals surface area contributed by atoms with Crippen LogP contribution in [0, 0.1) is 0 Å². The molecule has 5 nitrogen and oxygen atoms in total. The number of benzene rings is 2. The van der Waals surface area contributed by atoms with Crippen molar-refractivity contribution in [3.8, 4) is 0 Å². The molecular formula is C23H24N2O3. The molecule has 1 saturated heterocycles. The summed E-state index contributed by atoms with van der Waals surface area (Å²) in [4.78, 5) is 26.7. The lowest BCUT2D eigenvalue weighted by Gasteiger charge is -2.32. The molecule has 1 aliphatic rings. The second kappa shape index (κ2) is 8.40. The van der Waals surface area contributed by atoms with Gasteiger partial charge in [-0.05, 0) is 30.5 Å². The van der Waals surface area contributed by atoms with Gasteiger partial charge in [-0.2, -0.15) is 0 Å². The first-order valence-corrected chi connectivity index (χ1v) is 9.72. The summed E-state index contributed by atoms with van der Waals surface area (Å²) in [5, 5.41) is 0.644. The number of aromatic nitrogens is 1. The number of para-hydroxylation sites is 1. The molecule has 144 valence electrons. The van der Waals surface area contributed by atoms with Crippen molar-refractivity contribution in [2.24, 2.45) is 0 Å². The average Bonchev–Trinajstić information content (AvgIpc) is 2.75. The van der Waals surface area contributed by atoms with E-state index in [9.17, 15) is 9.59 Å². The van der Waals surface area contributed by atoms with Crippen molar-refractivity contribution in [2.45, 2.75) is 32.1 Å². The van der Waals surface area contributed by atoms with Crippen molar-refractivity contribution in [1.29, 1.82) is 0 Å². The van der Waals surface area contributed by atoms with Gasteiger partial charge in [-0.1, -0.05) is 42.5 Å². The summed E-state index contributed by atoms with van der Waals surface area (Å²) in [7, 11) is 0. The second-order valence-electron chi connectivity index (χ2n) is 7.20. The number of piperidine rings is 1. The number of rotatable bonds is 5. The molecule has 0 spiro atoms. The molecule has 5 heteroatoms. The van der Waals surface area contributed by atoms with Crippen LogP contribution in [0.25, 0.3) is 10.9 Å². The standard InChI is InChI=1S/C23H24N2O3/c26-22-12-15-25(21-9-5-4-8-20(21)22)16-23(27)24-13-10-19(11-14-24)28-17-18-6-2-1-3-7-18/h1-9,12,15,19H,10-11,13-14,16-17H2. The molecule has 0 aliphatic carbocycles. The minimum atomic E-state index is -0.0179. The minimum Gasteiger partial charge on any atom is -0.373 e. The predicted octanol–water partition coefficient (Wildman–Crippen LogP) is 3.21. The fourth-order valence-electron chi connectivity index (χ4n) is 3.70. The molecule has 4 rings (SSSR count). The largest absolute Gasteiger partial charge is 0.373 e. The Hall–Kier alpha value is -2.92. The average molecular weight is 376 g/mol. The number of nitrogens with zero attached hydrogens (tertiary/aromatic N) is 2. The molecule has 0 saturated carbocycles. The highest BCUT2D eigenvalue weighted by molar-refractivity contribution is 5.82. The van der Waals surface area contributed by atoms with Crippen LogP contribution in [-0.2, 0) is 22.7 Å². The van der Waals surface area contributed by atoms with Crippen LogP contribution < -0.4 is 5.43 Å². The zero-order valence-corrected chi connectivity index (χ0v) is 15.8. The van der Waals surface area contributed by atoms with Gasteiger partial charge < -0.3 is 14.2 Å². The molecule has 0 N–H and O–H groups in total. The summed E-state index contributed by atoms with van der Waals surface area (Å²) in [6.45, 7) is 2.27. The van der Waals surface area contributed by atoms with Crippen LogP contribution in [-0.4, -0.2) is 34.6 Å². The molecule has 2 aromatic carbocycles. The zero-order valence-electron chi connectivity index (χ0n) is 15.8. The van der Waals surface area contributed by atoms with Gasteiger partial charge in [0.1, 0.15) is 6.54 Å². The van der Waals surface area contributed by atoms with Gasteiger partial charge in [0.2, 0.25) is 5.91 Å². The summed E-state index contributed by atoms with van der Waals surface area (Å²) in [6, 6.07) is 19.1. The van der Waals surface area contributed by atoms with E-state index >= 15 is 0 Å². The number of fused-ring (bicyclic) bond motifs is 1. The Morgan fingerprint density at radius 2 is 1.68 bits per heavy atom. The van der Waals surface area contributed by atoms with Crippen LogP contribution in [0.4, 0.5) is 0 Å². The minimum absolute atomic E-state index is 0.0179. The molecule has 1 fully saturated rings. The van der Waals surface area contributed by atoms with Crippen LogP contribution in [0.15, 0.2) is 71.7 Å². The maximum atomic E-state index is 12.8. The lowest BCUT2D eigenvalue weighted by atomic mass is 10.1. The fraction of sp³-hybridized carbons (Fsp3) is 0.304. The highest BCUT2D eigenvalue weighted by atomic mass is 16.5. The van der Waals surface area contributed by atoms with Crippen LogP contribution in [0.2, 0.25) is 0 Å². The van der Waals surface area contributed by atoms with Crippen molar-refractivity contribution in [3.05, 3.63) is 82.6 Å². The fourth-order valence-corrected chi connectivity index (χ4v) is 3.70. The lowest BCUT2D eigenvalue weighted by Crippen LogP contribution is -2.42. The van der Waals surface area contributed by atoms with E-state index in [1.165, 1.54) is 11.6 Å². The molecule has 1 amide bonds. The van der Waals surface area contributed by atoms with E-state index in [1.807, 2.05) is 45.9 Å². The van der Waals surface area contributed by atoms with Crippen LogP contribution in [0.5, 0.6) is 0 Å². The second-order valence-corrected chi connectivity index (χ2v) is 7.20. The number of pyridine rings is 1. The molecule has 3 aromatic rings. The molecule has 0 radical (unpaired) electrons. The van der Waals surface area contributed by atoms with Crippen molar-refractivity contribution in [1.82, 2.24) is 9.47 Å². The van der Waals surface area contributed by atoms with E-state index < -0.39 is 0 Å². The molecule has 0 bridgehead atoms. The Morgan fingerprint density at radius 1 is 0.964 bits per heavy atom. The third kappa shape index (κ3) is 4.15. The Labute approximate surface area is 164 Å². The van der Waals surface area contributed by atoms with Crippen LogP contribution >= 0.6 is 0 Å². The lowest BCUT2D eigenvalue weighted by molar-refractivity contribution is -0.134. The molecular weight excluding hydrogens is 352 g/mol. The van der Waals surface area contributed by atoms with Gasteiger partial charge in [0.15, 0.2) is 5.43 Å². The van der Waals surface area contributed by atoms with Gasteiger partial charge in [0.25, 0.3) is 0 Å². The third-order valence-electron chi connectivity index (χ3n) is 5.31. The van der Waals surface area contributed by atoms with E-state index in [0.29, 0.717) is 25.1 Å². The Morgan fingerprint density at radius 3 is 2.46 bits per heavy atom. The molecule has 0 unspecified atom stereocenters. The highest BCUT2D eigenvalue weighted by Crippen LogP contribution is 2.17. The van der Waals surface area contributed by atoms with Crippen molar-refractivity contribution < 1.29 is 9.53 Å². The van der Waals surface area contributed by atoms with Gasteiger partial charge in [-0.25, -0.2) is 0 Å². The maximum Gasteiger partial charge on any atom is 0.242 e. The number of hydrogen-bond acceptors (Lipinski definition) is 3. The summed E-state index contributed by atoms with van der Waals surface area (Å²) < 4.78 is 7.87. The summed E-state index contributed by atoms with van der Waals surface area (Å²) >= 11 is 0. The van der Waals surface area contributed by atoms with Gasteiger partial charge in [-0.3, -0.25) is 9.59 Å². The Bertz CT molecular complexity index is 1010. The van der Waals surface area contributed by atoms with Gasteiger partial charge in [0, 0.05) is 30.7 Å². The number of carbonyl (C=O) groups excluding carboxylic acids is 1. The van der Waals surface area contributed by atoms with Crippen molar-refractivity contribution in [3.63, 3.8) is 0 Å².